The number of nitrogens with zero attached hydrogens (tertiary/aromatic N) is 1. The summed E-state index contributed by atoms with van der Waals surface area (Å²) in [5, 5.41) is 2.21. The van der Waals surface area contributed by atoms with E-state index in [1.165, 1.54) is 24.1 Å². The van der Waals surface area contributed by atoms with Crippen LogP contribution in [0.5, 0.6) is 0 Å². The topological polar surface area (TPSA) is 110 Å². The number of rotatable bonds is 3. The number of ether oxygens (including phenoxy) is 1. The SMILES string of the molecule is COC(=O)c1cc2c(cc1C=O)CN(C1CCC(=O)NC1=O)C2=O. The van der Waals surface area contributed by atoms with Crippen molar-refractivity contribution in [2.75, 3.05) is 7.11 Å². The first-order chi connectivity index (χ1) is 11.5. The zero-order chi connectivity index (χ0) is 17.4. The van der Waals surface area contributed by atoms with Crippen molar-refractivity contribution in [3.8, 4) is 0 Å². The number of amides is 3. The summed E-state index contributed by atoms with van der Waals surface area (Å²) in [5.41, 5.74) is 0.938. The van der Waals surface area contributed by atoms with Crippen molar-refractivity contribution in [2.24, 2.45) is 0 Å². The molecule has 124 valence electrons. The fourth-order valence-corrected chi connectivity index (χ4v) is 3.02. The number of nitrogens with one attached hydrogen (secondary N) is 1. The van der Waals surface area contributed by atoms with Gasteiger partial charge in [0.1, 0.15) is 6.04 Å². The Hall–Kier alpha value is -3.03. The molecule has 1 atom stereocenters. The molecule has 1 unspecified atom stereocenters. The van der Waals surface area contributed by atoms with Crippen LogP contribution in [0, 0.1) is 0 Å². The van der Waals surface area contributed by atoms with E-state index < -0.39 is 23.8 Å². The Kier molecular flexibility index (Phi) is 3.88. The van der Waals surface area contributed by atoms with Crippen LogP contribution >= 0.6 is 0 Å². The van der Waals surface area contributed by atoms with Crippen LogP contribution in [0.4, 0.5) is 0 Å². The first kappa shape index (κ1) is 15.9. The molecular formula is C16H14N2O6. The largest absolute Gasteiger partial charge is 0.465 e. The minimum atomic E-state index is -0.746. The van der Waals surface area contributed by atoms with E-state index >= 15 is 0 Å². The smallest absolute Gasteiger partial charge is 0.338 e. The first-order valence-electron chi connectivity index (χ1n) is 7.31. The molecule has 0 radical (unpaired) electrons. The Morgan fingerprint density at radius 3 is 2.71 bits per heavy atom. The lowest BCUT2D eigenvalue weighted by Crippen LogP contribution is -2.52. The van der Waals surface area contributed by atoms with Gasteiger partial charge in [0.05, 0.1) is 12.7 Å². The normalized spacial score (nSPS) is 19.8. The molecular weight excluding hydrogens is 316 g/mol. The maximum absolute atomic E-state index is 12.6. The number of esters is 1. The van der Waals surface area contributed by atoms with Crippen LogP contribution in [-0.4, -0.2) is 48.0 Å². The minimum Gasteiger partial charge on any atom is -0.465 e. The number of benzene rings is 1. The van der Waals surface area contributed by atoms with Gasteiger partial charge in [0.2, 0.25) is 11.8 Å². The van der Waals surface area contributed by atoms with Crippen LogP contribution in [-0.2, 0) is 20.9 Å². The number of piperidine rings is 1. The monoisotopic (exact) mass is 330 g/mol. The fourth-order valence-electron chi connectivity index (χ4n) is 3.02. The van der Waals surface area contributed by atoms with Gasteiger partial charge in [0, 0.05) is 24.1 Å². The van der Waals surface area contributed by atoms with E-state index in [0.29, 0.717) is 11.8 Å². The number of methoxy groups -OCH3 is 1. The molecule has 1 aromatic rings. The molecule has 0 aliphatic carbocycles. The molecule has 0 aromatic heterocycles. The molecule has 1 fully saturated rings. The summed E-state index contributed by atoms with van der Waals surface area (Å²) in [6.45, 7) is 0.142. The third-order valence-electron chi connectivity index (χ3n) is 4.23. The second-order valence-corrected chi connectivity index (χ2v) is 5.61. The summed E-state index contributed by atoms with van der Waals surface area (Å²) < 4.78 is 4.62. The molecule has 0 spiro atoms. The number of hydrogen-bond acceptors (Lipinski definition) is 6. The summed E-state index contributed by atoms with van der Waals surface area (Å²) in [6, 6.07) is 2.03. The highest BCUT2D eigenvalue weighted by Gasteiger charge is 2.39. The number of fused-ring (bicyclic) bond motifs is 1. The summed E-state index contributed by atoms with van der Waals surface area (Å²) in [7, 11) is 1.18. The highest BCUT2D eigenvalue weighted by molar-refractivity contribution is 6.07. The Morgan fingerprint density at radius 1 is 1.33 bits per heavy atom. The molecule has 2 heterocycles. The van der Waals surface area contributed by atoms with E-state index in [9.17, 15) is 24.0 Å². The van der Waals surface area contributed by atoms with Crippen LogP contribution in [0.2, 0.25) is 0 Å². The summed E-state index contributed by atoms with van der Waals surface area (Å²) in [6.07, 6.45) is 0.921. The van der Waals surface area contributed by atoms with Crippen LogP contribution < -0.4 is 5.32 Å². The second kappa shape index (κ2) is 5.88. The molecule has 2 aliphatic heterocycles. The van der Waals surface area contributed by atoms with Crippen molar-refractivity contribution in [1.29, 1.82) is 0 Å². The molecule has 24 heavy (non-hydrogen) atoms. The van der Waals surface area contributed by atoms with E-state index in [4.69, 9.17) is 0 Å². The Morgan fingerprint density at radius 2 is 2.08 bits per heavy atom. The molecule has 1 saturated heterocycles. The minimum absolute atomic E-state index is 0.00437. The van der Waals surface area contributed by atoms with Crippen molar-refractivity contribution in [1.82, 2.24) is 10.2 Å². The lowest BCUT2D eigenvalue weighted by atomic mass is 10.0. The van der Waals surface area contributed by atoms with Crippen molar-refractivity contribution in [3.63, 3.8) is 0 Å². The predicted octanol–water partition coefficient (Wildman–Crippen LogP) is 0.0467. The number of imide groups is 1. The third-order valence-corrected chi connectivity index (χ3v) is 4.23. The number of carbonyl (C=O) groups is 5. The van der Waals surface area contributed by atoms with Crippen LogP contribution in [0.15, 0.2) is 12.1 Å². The molecule has 1 aromatic carbocycles. The van der Waals surface area contributed by atoms with Gasteiger partial charge in [0.15, 0.2) is 6.29 Å². The Labute approximate surface area is 136 Å². The summed E-state index contributed by atoms with van der Waals surface area (Å²) in [5.74, 6) is -2.01. The van der Waals surface area contributed by atoms with Crippen LogP contribution in [0.3, 0.4) is 0 Å². The molecule has 8 heteroatoms. The maximum Gasteiger partial charge on any atom is 0.338 e. The third kappa shape index (κ3) is 2.45. The van der Waals surface area contributed by atoms with Gasteiger partial charge in [-0.05, 0) is 24.1 Å². The fraction of sp³-hybridized carbons (Fsp3) is 0.312. The highest BCUT2D eigenvalue weighted by atomic mass is 16.5. The van der Waals surface area contributed by atoms with E-state index in [1.807, 2.05) is 0 Å². The first-order valence-corrected chi connectivity index (χ1v) is 7.31. The lowest BCUT2D eigenvalue weighted by molar-refractivity contribution is -0.136. The van der Waals surface area contributed by atoms with E-state index in [1.54, 1.807) is 0 Å². The molecule has 0 bridgehead atoms. The van der Waals surface area contributed by atoms with Gasteiger partial charge in [0.25, 0.3) is 5.91 Å². The lowest BCUT2D eigenvalue weighted by Gasteiger charge is -2.29. The average Bonchev–Trinajstić information content (AvgIpc) is 2.89. The second-order valence-electron chi connectivity index (χ2n) is 5.61. The molecule has 2 aliphatic rings. The molecule has 8 nitrogen and oxygen atoms in total. The van der Waals surface area contributed by atoms with E-state index in [0.717, 1.165) is 0 Å². The van der Waals surface area contributed by atoms with E-state index in [-0.39, 0.29) is 42.0 Å². The van der Waals surface area contributed by atoms with Gasteiger partial charge in [-0.1, -0.05) is 0 Å². The zero-order valence-electron chi connectivity index (χ0n) is 12.8. The number of aldehydes is 1. The van der Waals surface area contributed by atoms with E-state index in [2.05, 4.69) is 10.1 Å². The van der Waals surface area contributed by atoms with Gasteiger partial charge in [-0.2, -0.15) is 0 Å². The number of carbonyl (C=O) groups excluding carboxylic acids is 5. The summed E-state index contributed by atoms with van der Waals surface area (Å²) in [4.78, 5) is 60.1. The number of hydrogen-bond donors (Lipinski definition) is 1. The Bertz CT molecular complexity index is 785. The molecule has 1 N–H and O–H groups in total. The quantitative estimate of drug-likeness (QED) is 0.476. The van der Waals surface area contributed by atoms with Gasteiger partial charge >= 0.3 is 5.97 Å². The van der Waals surface area contributed by atoms with Crippen molar-refractivity contribution in [2.45, 2.75) is 25.4 Å². The van der Waals surface area contributed by atoms with Gasteiger partial charge in [-0.25, -0.2) is 4.79 Å². The average molecular weight is 330 g/mol. The van der Waals surface area contributed by atoms with Crippen LogP contribution in [0.1, 0.15) is 49.5 Å². The maximum atomic E-state index is 12.6. The van der Waals surface area contributed by atoms with Gasteiger partial charge in [-0.15, -0.1) is 0 Å². The molecule has 3 rings (SSSR count). The van der Waals surface area contributed by atoms with Crippen molar-refractivity contribution in [3.05, 3.63) is 34.4 Å². The highest BCUT2D eigenvalue weighted by Crippen LogP contribution is 2.29. The van der Waals surface area contributed by atoms with Gasteiger partial charge < -0.3 is 9.64 Å². The summed E-state index contributed by atoms with van der Waals surface area (Å²) >= 11 is 0. The zero-order valence-corrected chi connectivity index (χ0v) is 12.8. The predicted molar refractivity (Wildman–Crippen MR) is 79.2 cm³/mol. The van der Waals surface area contributed by atoms with Crippen LogP contribution in [0.25, 0.3) is 0 Å². The van der Waals surface area contributed by atoms with Crippen molar-refractivity contribution < 1.29 is 28.7 Å². The standard InChI is InChI=1S/C16H14N2O6/c1-24-16(23)11-5-10-8(4-9(11)7-19)6-18(15(10)22)12-2-3-13(20)17-14(12)21/h4-5,7,12H,2-3,6H2,1H3,(H,17,20,21). The molecule has 3 amide bonds. The molecule has 0 saturated carbocycles. The Balaban J connectivity index is 1.95. The van der Waals surface area contributed by atoms with Crippen molar-refractivity contribution >= 4 is 30.0 Å². The van der Waals surface area contributed by atoms with Gasteiger partial charge in [-0.3, -0.25) is 24.5 Å².